The van der Waals surface area contributed by atoms with E-state index in [1.54, 1.807) is 13.1 Å². The van der Waals surface area contributed by atoms with E-state index in [0.717, 1.165) is 24.5 Å². The molecule has 23 heavy (non-hydrogen) atoms. The minimum atomic E-state index is -0.141. The van der Waals surface area contributed by atoms with E-state index in [1.165, 1.54) is 32.0 Å². The van der Waals surface area contributed by atoms with Crippen molar-refractivity contribution in [1.29, 1.82) is 0 Å². The minimum absolute atomic E-state index is 0.141. The van der Waals surface area contributed by atoms with Gasteiger partial charge in [0.25, 0.3) is 0 Å². The molecule has 0 amide bonds. The van der Waals surface area contributed by atoms with Gasteiger partial charge in [-0.2, -0.15) is 0 Å². The van der Waals surface area contributed by atoms with Gasteiger partial charge >= 0.3 is 0 Å². The van der Waals surface area contributed by atoms with Crippen LogP contribution in [0.4, 0.5) is 4.39 Å². The molecule has 1 fully saturated rings. The quantitative estimate of drug-likeness (QED) is 0.599. The maximum absolute atomic E-state index is 13.6. The lowest BCUT2D eigenvalue weighted by atomic mass is 10.1. The largest absolute Gasteiger partial charge is 0.356 e. The third-order valence-electron chi connectivity index (χ3n) is 4.50. The molecule has 1 aromatic carbocycles. The van der Waals surface area contributed by atoms with Crippen LogP contribution in [0, 0.1) is 5.82 Å². The predicted octanol–water partition coefficient (Wildman–Crippen LogP) is 2.41. The first-order chi connectivity index (χ1) is 11.2. The lowest BCUT2D eigenvalue weighted by Gasteiger charge is -2.27. The van der Waals surface area contributed by atoms with E-state index in [4.69, 9.17) is 0 Å². The normalized spacial score (nSPS) is 17.3. The first kappa shape index (κ1) is 17.7. The van der Waals surface area contributed by atoms with Gasteiger partial charge in [0, 0.05) is 26.2 Å². The molecule has 5 heteroatoms. The molecular formula is C18H29FN4. The van der Waals surface area contributed by atoms with Crippen molar-refractivity contribution in [3.63, 3.8) is 0 Å². The van der Waals surface area contributed by atoms with Gasteiger partial charge in [-0.15, -0.1) is 0 Å². The highest BCUT2D eigenvalue weighted by atomic mass is 19.1. The molecule has 1 aliphatic rings. The molecule has 128 valence electrons. The number of guanidine groups is 1. The van der Waals surface area contributed by atoms with Crippen LogP contribution in [0.3, 0.4) is 0 Å². The van der Waals surface area contributed by atoms with Crippen LogP contribution in [0.1, 0.15) is 31.7 Å². The van der Waals surface area contributed by atoms with E-state index < -0.39 is 0 Å². The highest BCUT2D eigenvalue weighted by Gasteiger charge is 2.20. The summed E-state index contributed by atoms with van der Waals surface area (Å²) >= 11 is 0. The number of rotatable bonds is 7. The second-order valence-electron chi connectivity index (χ2n) is 6.03. The summed E-state index contributed by atoms with van der Waals surface area (Å²) < 4.78 is 13.6. The average Bonchev–Trinajstić information content (AvgIpc) is 3.10. The van der Waals surface area contributed by atoms with E-state index in [-0.39, 0.29) is 5.82 Å². The Kier molecular flexibility index (Phi) is 7.33. The van der Waals surface area contributed by atoms with Crippen molar-refractivity contribution in [2.24, 2.45) is 4.99 Å². The molecule has 0 bridgehead atoms. The Bertz CT molecular complexity index is 498. The van der Waals surface area contributed by atoms with Crippen molar-refractivity contribution in [2.75, 3.05) is 33.2 Å². The SMILES string of the molecule is CCC(CNC(=NC)NCCc1ccccc1F)N1CCCC1. The van der Waals surface area contributed by atoms with Crippen LogP contribution in [0.25, 0.3) is 0 Å². The van der Waals surface area contributed by atoms with E-state index in [0.29, 0.717) is 19.0 Å². The van der Waals surface area contributed by atoms with Gasteiger partial charge in [0.15, 0.2) is 5.96 Å². The Morgan fingerprint density at radius 1 is 1.26 bits per heavy atom. The van der Waals surface area contributed by atoms with Gasteiger partial charge in [0.1, 0.15) is 5.82 Å². The van der Waals surface area contributed by atoms with Crippen LogP contribution in [0.5, 0.6) is 0 Å². The summed E-state index contributed by atoms with van der Waals surface area (Å²) in [6, 6.07) is 7.48. The second kappa shape index (κ2) is 9.50. The van der Waals surface area contributed by atoms with Gasteiger partial charge in [-0.25, -0.2) is 4.39 Å². The maximum atomic E-state index is 13.6. The molecule has 0 aliphatic carbocycles. The number of aliphatic imine (C=N–C) groups is 1. The monoisotopic (exact) mass is 320 g/mol. The fourth-order valence-corrected chi connectivity index (χ4v) is 3.09. The number of hydrogen-bond donors (Lipinski definition) is 2. The van der Waals surface area contributed by atoms with Crippen LogP contribution in [-0.4, -0.2) is 50.1 Å². The molecule has 4 nitrogen and oxygen atoms in total. The molecule has 0 aromatic heterocycles. The maximum Gasteiger partial charge on any atom is 0.191 e. The molecule has 1 atom stereocenters. The van der Waals surface area contributed by atoms with E-state index >= 15 is 0 Å². The third kappa shape index (κ3) is 5.50. The van der Waals surface area contributed by atoms with Gasteiger partial charge < -0.3 is 10.6 Å². The predicted molar refractivity (Wildman–Crippen MR) is 94.4 cm³/mol. The number of nitrogens with zero attached hydrogens (tertiary/aromatic N) is 2. The molecule has 1 aromatic rings. The fraction of sp³-hybridized carbons (Fsp3) is 0.611. The minimum Gasteiger partial charge on any atom is -0.356 e. The van der Waals surface area contributed by atoms with E-state index in [2.05, 4.69) is 27.4 Å². The molecule has 2 rings (SSSR count). The molecule has 1 unspecified atom stereocenters. The van der Waals surface area contributed by atoms with Crippen molar-refractivity contribution in [1.82, 2.24) is 15.5 Å². The lowest BCUT2D eigenvalue weighted by molar-refractivity contribution is 0.236. The van der Waals surface area contributed by atoms with Crippen molar-refractivity contribution < 1.29 is 4.39 Å². The number of halogens is 1. The van der Waals surface area contributed by atoms with E-state index in [1.807, 2.05) is 12.1 Å². The second-order valence-corrected chi connectivity index (χ2v) is 6.03. The zero-order valence-electron chi connectivity index (χ0n) is 14.3. The zero-order chi connectivity index (χ0) is 16.5. The molecule has 0 saturated carbocycles. The lowest BCUT2D eigenvalue weighted by Crippen LogP contribution is -2.46. The Labute approximate surface area is 139 Å². The molecule has 0 radical (unpaired) electrons. The summed E-state index contributed by atoms with van der Waals surface area (Å²) in [4.78, 5) is 6.81. The number of hydrogen-bond acceptors (Lipinski definition) is 2. The summed E-state index contributed by atoms with van der Waals surface area (Å²) in [5.74, 6) is 0.649. The van der Waals surface area contributed by atoms with Gasteiger partial charge in [0.2, 0.25) is 0 Å². The Morgan fingerprint density at radius 2 is 2.00 bits per heavy atom. The molecule has 1 heterocycles. The van der Waals surface area contributed by atoms with Crippen LogP contribution in [-0.2, 0) is 6.42 Å². The molecule has 1 saturated heterocycles. The van der Waals surface area contributed by atoms with Crippen molar-refractivity contribution >= 4 is 5.96 Å². The first-order valence-corrected chi connectivity index (χ1v) is 8.66. The Hall–Kier alpha value is -1.62. The topological polar surface area (TPSA) is 39.7 Å². The van der Waals surface area contributed by atoms with Gasteiger partial charge in [-0.1, -0.05) is 25.1 Å². The summed E-state index contributed by atoms with van der Waals surface area (Å²) in [5, 5.41) is 6.67. The highest BCUT2D eigenvalue weighted by Crippen LogP contribution is 2.13. The van der Waals surface area contributed by atoms with Crippen LogP contribution in [0.2, 0.25) is 0 Å². The van der Waals surface area contributed by atoms with Crippen molar-refractivity contribution in [3.8, 4) is 0 Å². The number of likely N-dealkylation sites (tertiary alicyclic amines) is 1. The number of benzene rings is 1. The fourth-order valence-electron chi connectivity index (χ4n) is 3.09. The van der Waals surface area contributed by atoms with Crippen molar-refractivity contribution in [3.05, 3.63) is 35.6 Å². The van der Waals surface area contributed by atoms with Gasteiger partial charge in [-0.3, -0.25) is 9.89 Å². The van der Waals surface area contributed by atoms with E-state index in [9.17, 15) is 4.39 Å². The Morgan fingerprint density at radius 3 is 2.65 bits per heavy atom. The third-order valence-corrected chi connectivity index (χ3v) is 4.50. The van der Waals surface area contributed by atoms with Gasteiger partial charge in [-0.05, 0) is 50.4 Å². The molecular weight excluding hydrogens is 291 g/mol. The van der Waals surface area contributed by atoms with Gasteiger partial charge in [0.05, 0.1) is 0 Å². The summed E-state index contributed by atoms with van der Waals surface area (Å²) in [7, 11) is 1.77. The van der Waals surface area contributed by atoms with Crippen LogP contribution in [0.15, 0.2) is 29.3 Å². The summed E-state index contributed by atoms with van der Waals surface area (Å²) in [6.45, 7) is 6.22. The number of nitrogens with one attached hydrogen (secondary N) is 2. The highest BCUT2D eigenvalue weighted by molar-refractivity contribution is 5.79. The zero-order valence-corrected chi connectivity index (χ0v) is 14.3. The smallest absolute Gasteiger partial charge is 0.191 e. The summed E-state index contributed by atoms with van der Waals surface area (Å²) in [5.41, 5.74) is 0.735. The standard InChI is InChI=1S/C18H29FN4/c1-3-16(23-12-6-7-13-23)14-22-18(20-2)21-11-10-15-8-4-5-9-17(15)19/h4-5,8-9,16H,3,6-7,10-14H2,1-2H3,(H2,20,21,22). The molecule has 0 spiro atoms. The van der Waals surface area contributed by atoms with Crippen LogP contribution < -0.4 is 10.6 Å². The molecule has 1 aliphatic heterocycles. The summed E-state index contributed by atoms with van der Waals surface area (Å²) in [6.07, 6.45) is 4.41. The van der Waals surface area contributed by atoms with Crippen LogP contribution >= 0.6 is 0 Å². The average molecular weight is 320 g/mol. The first-order valence-electron chi connectivity index (χ1n) is 8.66. The Balaban J connectivity index is 1.73. The molecule has 2 N–H and O–H groups in total. The van der Waals surface area contributed by atoms with Crippen molar-refractivity contribution in [2.45, 2.75) is 38.6 Å².